The maximum Gasteiger partial charge on any atom is 0.148 e. The highest BCUT2D eigenvalue weighted by atomic mass is 79.9. The summed E-state index contributed by atoms with van der Waals surface area (Å²) in [6.45, 7) is 7.44. The van der Waals surface area contributed by atoms with Crippen LogP contribution >= 0.6 is 27.5 Å². The molecule has 0 radical (unpaired) electrons. The van der Waals surface area contributed by atoms with Crippen molar-refractivity contribution in [3.63, 3.8) is 0 Å². The normalized spacial score (nSPS) is 11.6. The summed E-state index contributed by atoms with van der Waals surface area (Å²) in [5.41, 5.74) is 0.214. The van der Waals surface area contributed by atoms with Crippen LogP contribution in [-0.4, -0.2) is 23.6 Å². The van der Waals surface area contributed by atoms with E-state index in [1.807, 2.05) is 7.05 Å². The van der Waals surface area contributed by atoms with Gasteiger partial charge < -0.3 is 4.90 Å². The van der Waals surface area contributed by atoms with Crippen LogP contribution < -0.4 is 4.90 Å². The average molecular weight is 293 g/mol. The van der Waals surface area contributed by atoms with E-state index >= 15 is 0 Å². The summed E-state index contributed by atoms with van der Waals surface area (Å²) in [6, 6.07) is 0. The maximum absolute atomic E-state index is 5.90. The van der Waals surface area contributed by atoms with Crippen molar-refractivity contribution < 1.29 is 0 Å². The monoisotopic (exact) mass is 291 g/mol. The van der Waals surface area contributed by atoms with E-state index in [1.54, 1.807) is 0 Å². The average Bonchev–Trinajstić information content (AvgIpc) is 2.06. The molecule has 0 spiro atoms. The Kier molecular flexibility index (Phi) is 3.95. The Morgan fingerprint density at radius 1 is 1.40 bits per heavy atom. The fourth-order valence-electron chi connectivity index (χ4n) is 1.39. The Morgan fingerprint density at radius 3 is 2.53 bits per heavy atom. The summed E-state index contributed by atoms with van der Waals surface area (Å²) >= 11 is 9.29. The van der Waals surface area contributed by atoms with Gasteiger partial charge in [-0.3, -0.25) is 0 Å². The molecule has 5 heteroatoms. The Morgan fingerprint density at radius 2 is 2.00 bits per heavy atom. The van der Waals surface area contributed by atoms with Gasteiger partial charge in [0.2, 0.25) is 0 Å². The zero-order chi connectivity index (χ0) is 11.6. The van der Waals surface area contributed by atoms with Crippen molar-refractivity contribution in [1.29, 1.82) is 0 Å². The van der Waals surface area contributed by atoms with Crippen molar-refractivity contribution in [2.24, 2.45) is 5.41 Å². The second-order valence-electron chi connectivity index (χ2n) is 4.72. The highest BCUT2D eigenvalue weighted by molar-refractivity contribution is 9.10. The standard InChI is InChI=1S/C10H15BrClN3/c1-10(2,3)5-15(4)9-7(11)8(12)13-6-14-9/h6H,5H2,1-4H3. The van der Waals surface area contributed by atoms with Gasteiger partial charge in [0.05, 0.1) is 4.47 Å². The van der Waals surface area contributed by atoms with E-state index in [1.165, 1.54) is 6.33 Å². The Hall–Kier alpha value is -0.350. The molecule has 1 rings (SSSR count). The van der Waals surface area contributed by atoms with E-state index in [0.717, 1.165) is 16.8 Å². The first-order valence-electron chi connectivity index (χ1n) is 4.68. The molecule has 1 aromatic heterocycles. The van der Waals surface area contributed by atoms with E-state index in [-0.39, 0.29) is 5.41 Å². The van der Waals surface area contributed by atoms with Gasteiger partial charge in [-0.1, -0.05) is 32.4 Å². The third-order valence-electron chi connectivity index (χ3n) is 1.80. The molecule has 1 heterocycles. The molecule has 0 unspecified atom stereocenters. The molecule has 0 aliphatic carbocycles. The zero-order valence-electron chi connectivity index (χ0n) is 9.38. The minimum absolute atomic E-state index is 0.214. The quantitative estimate of drug-likeness (QED) is 0.783. The number of nitrogens with zero attached hydrogens (tertiary/aromatic N) is 3. The molecule has 0 amide bonds. The van der Waals surface area contributed by atoms with Gasteiger partial charge in [0.25, 0.3) is 0 Å². The fourth-order valence-corrected chi connectivity index (χ4v) is 2.03. The number of hydrogen-bond donors (Lipinski definition) is 0. The van der Waals surface area contributed by atoms with Crippen LogP contribution in [0.15, 0.2) is 10.8 Å². The van der Waals surface area contributed by atoms with Crippen LogP contribution in [-0.2, 0) is 0 Å². The Balaban J connectivity index is 2.92. The van der Waals surface area contributed by atoms with E-state index < -0.39 is 0 Å². The first-order chi connectivity index (χ1) is 6.81. The first kappa shape index (κ1) is 12.7. The topological polar surface area (TPSA) is 29.0 Å². The highest BCUT2D eigenvalue weighted by Crippen LogP contribution is 2.29. The molecule has 0 aliphatic heterocycles. The van der Waals surface area contributed by atoms with Crippen LogP contribution in [0, 0.1) is 5.41 Å². The molecule has 3 nitrogen and oxygen atoms in total. The van der Waals surface area contributed by atoms with Crippen molar-refractivity contribution >= 4 is 33.3 Å². The summed E-state index contributed by atoms with van der Waals surface area (Å²) in [4.78, 5) is 10.2. The van der Waals surface area contributed by atoms with Crippen molar-refractivity contribution in [3.8, 4) is 0 Å². The molecular weight excluding hydrogens is 277 g/mol. The second kappa shape index (κ2) is 4.66. The van der Waals surface area contributed by atoms with Crippen molar-refractivity contribution in [3.05, 3.63) is 16.0 Å². The predicted molar refractivity (Wildman–Crippen MR) is 67.5 cm³/mol. The summed E-state index contributed by atoms with van der Waals surface area (Å²) in [5.74, 6) is 0.824. The van der Waals surface area contributed by atoms with Crippen LogP contribution in [0.3, 0.4) is 0 Å². The van der Waals surface area contributed by atoms with Crippen molar-refractivity contribution in [1.82, 2.24) is 9.97 Å². The van der Waals surface area contributed by atoms with E-state index in [4.69, 9.17) is 11.6 Å². The lowest BCUT2D eigenvalue weighted by atomic mass is 9.96. The molecule has 0 saturated carbocycles. The fraction of sp³-hybridized carbons (Fsp3) is 0.600. The number of halogens is 2. The number of rotatable bonds is 2. The van der Waals surface area contributed by atoms with Gasteiger partial charge in [-0.15, -0.1) is 0 Å². The molecule has 0 bridgehead atoms. The van der Waals surface area contributed by atoms with Crippen LogP contribution in [0.4, 0.5) is 5.82 Å². The smallest absolute Gasteiger partial charge is 0.148 e. The molecule has 0 atom stereocenters. The van der Waals surface area contributed by atoms with E-state index in [9.17, 15) is 0 Å². The van der Waals surface area contributed by atoms with Gasteiger partial charge in [0, 0.05) is 13.6 Å². The highest BCUT2D eigenvalue weighted by Gasteiger charge is 2.17. The van der Waals surface area contributed by atoms with Crippen LogP contribution in [0.5, 0.6) is 0 Å². The lowest BCUT2D eigenvalue weighted by molar-refractivity contribution is 0.417. The minimum atomic E-state index is 0.214. The molecule has 0 saturated heterocycles. The molecular formula is C10H15BrClN3. The van der Waals surface area contributed by atoms with Crippen LogP contribution in [0.25, 0.3) is 0 Å². The Bertz CT molecular complexity index is 349. The molecule has 0 fully saturated rings. The predicted octanol–water partition coefficient (Wildman–Crippen LogP) is 3.37. The Labute approximate surface area is 104 Å². The zero-order valence-corrected chi connectivity index (χ0v) is 11.7. The summed E-state index contributed by atoms with van der Waals surface area (Å²) in [5, 5.41) is 0.445. The maximum atomic E-state index is 5.90. The molecule has 1 aromatic rings. The minimum Gasteiger partial charge on any atom is -0.358 e. The number of anilines is 1. The first-order valence-corrected chi connectivity index (χ1v) is 5.85. The van der Waals surface area contributed by atoms with Crippen molar-refractivity contribution in [2.45, 2.75) is 20.8 Å². The van der Waals surface area contributed by atoms with Gasteiger partial charge in [-0.25, -0.2) is 9.97 Å². The number of hydrogen-bond acceptors (Lipinski definition) is 3. The molecule has 84 valence electrons. The third kappa shape index (κ3) is 3.61. The van der Waals surface area contributed by atoms with Gasteiger partial charge in [-0.2, -0.15) is 0 Å². The number of aromatic nitrogens is 2. The van der Waals surface area contributed by atoms with Gasteiger partial charge in [0.1, 0.15) is 17.3 Å². The van der Waals surface area contributed by atoms with E-state index in [2.05, 4.69) is 51.6 Å². The SMILES string of the molecule is CN(CC(C)(C)C)c1ncnc(Cl)c1Br. The van der Waals surface area contributed by atoms with Crippen LogP contribution in [0.2, 0.25) is 5.15 Å². The molecule has 0 aromatic carbocycles. The third-order valence-corrected chi connectivity index (χ3v) is 3.05. The lowest BCUT2D eigenvalue weighted by Gasteiger charge is -2.27. The summed E-state index contributed by atoms with van der Waals surface area (Å²) in [7, 11) is 1.99. The summed E-state index contributed by atoms with van der Waals surface area (Å²) in [6.07, 6.45) is 1.47. The second-order valence-corrected chi connectivity index (χ2v) is 5.87. The van der Waals surface area contributed by atoms with Gasteiger partial charge in [0.15, 0.2) is 0 Å². The molecule has 0 aliphatic rings. The van der Waals surface area contributed by atoms with Gasteiger partial charge >= 0.3 is 0 Å². The van der Waals surface area contributed by atoms with Gasteiger partial charge in [-0.05, 0) is 21.3 Å². The van der Waals surface area contributed by atoms with Crippen LogP contribution in [0.1, 0.15) is 20.8 Å². The molecule has 15 heavy (non-hydrogen) atoms. The largest absolute Gasteiger partial charge is 0.358 e. The van der Waals surface area contributed by atoms with Crippen molar-refractivity contribution in [2.75, 3.05) is 18.5 Å². The molecule has 0 N–H and O–H groups in total. The lowest BCUT2D eigenvalue weighted by Crippen LogP contribution is -2.30. The van der Waals surface area contributed by atoms with E-state index in [0.29, 0.717) is 5.15 Å². The summed E-state index contributed by atoms with van der Waals surface area (Å²) < 4.78 is 0.749.